The third kappa shape index (κ3) is 4.06. The van der Waals surface area contributed by atoms with Crippen LogP contribution in [0.1, 0.15) is 25.5 Å². The van der Waals surface area contributed by atoms with Crippen LogP contribution in [0.5, 0.6) is 5.75 Å². The summed E-state index contributed by atoms with van der Waals surface area (Å²) in [5.41, 5.74) is 1.30. The molecule has 0 aliphatic heterocycles. The van der Waals surface area contributed by atoms with Crippen molar-refractivity contribution in [3.8, 4) is 5.75 Å². The van der Waals surface area contributed by atoms with Crippen LogP contribution in [-0.4, -0.2) is 25.2 Å². The summed E-state index contributed by atoms with van der Waals surface area (Å²) in [6, 6.07) is 9.16. The minimum atomic E-state index is 0.382. The molecule has 0 radical (unpaired) electrons. The smallest absolute Gasteiger partial charge is 0.118 e. The molecule has 0 heterocycles. The Morgan fingerprint density at radius 1 is 1.25 bits per heavy atom. The molecule has 0 aliphatic carbocycles. The number of nitrogens with one attached hydrogen (secondary N) is 1. The van der Waals surface area contributed by atoms with Crippen molar-refractivity contribution in [1.29, 1.82) is 0 Å². The van der Waals surface area contributed by atoms with Crippen molar-refractivity contribution in [2.24, 2.45) is 0 Å². The van der Waals surface area contributed by atoms with Crippen LogP contribution in [0.2, 0.25) is 0 Å². The largest absolute Gasteiger partial charge is 0.497 e. The lowest BCUT2D eigenvalue weighted by Gasteiger charge is -2.19. The fourth-order valence-electron chi connectivity index (χ4n) is 1.71. The second kappa shape index (κ2) is 6.81. The maximum atomic E-state index is 5.14. The van der Waals surface area contributed by atoms with Crippen molar-refractivity contribution < 1.29 is 4.74 Å². The van der Waals surface area contributed by atoms with E-state index in [9.17, 15) is 0 Å². The molecule has 0 saturated carbocycles. The second-order valence-electron chi connectivity index (χ2n) is 4.02. The van der Waals surface area contributed by atoms with Gasteiger partial charge in [-0.25, -0.2) is 0 Å². The monoisotopic (exact) mass is 239 g/mol. The Morgan fingerprint density at radius 3 is 2.38 bits per heavy atom. The van der Waals surface area contributed by atoms with Crippen LogP contribution in [0, 0.1) is 0 Å². The molecule has 1 N–H and O–H groups in total. The quantitative estimate of drug-likeness (QED) is 0.824. The highest BCUT2D eigenvalue weighted by atomic mass is 32.2. The summed E-state index contributed by atoms with van der Waals surface area (Å²) in [4.78, 5) is 0. The van der Waals surface area contributed by atoms with Gasteiger partial charge in [-0.3, -0.25) is 0 Å². The molecule has 1 aromatic carbocycles. The molecule has 0 spiro atoms. The Hall–Kier alpha value is -0.670. The molecule has 0 saturated heterocycles. The summed E-state index contributed by atoms with van der Waals surface area (Å²) in [6.45, 7) is 4.41. The number of ether oxygens (including phenoxy) is 1. The van der Waals surface area contributed by atoms with Gasteiger partial charge in [-0.15, -0.1) is 0 Å². The molecule has 0 fully saturated rings. The zero-order valence-electron chi connectivity index (χ0n) is 10.5. The minimum Gasteiger partial charge on any atom is -0.497 e. The average Bonchev–Trinajstić information content (AvgIpc) is 2.29. The number of hydrogen-bond donors (Lipinski definition) is 1. The first-order valence-corrected chi connectivity index (χ1v) is 6.95. The van der Waals surface area contributed by atoms with Gasteiger partial charge in [0.1, 0.15) is 5.75 Å². The van der Waals surface area contributed by atoms with Crippen LogP contribution in [-0.2, 0) is 0 Å². The summed E-state index contributed by atoms with van der Waals surface area (Å²) in [6.07, 6.45) is 2.14. The van der Waals surface area contributed by atoms with Gasteiger partial charge in [-0.2, -0.15) is 11.8 Å². The predicted octanol–water partition coefficient (Wildman–Crippen LogP) is 3.10. The third-order valence-corrected chi connectivity index (χ3v) is 3.40. The Morgan fingerprint density at radius 2 is 1.88 bits per heavy atom. The van der Waals surface area contributed by atoms with E-state index in [1.807, 2.05) is 23.9 Å². The van der Waals surface area contributed by atoms with E-state index in [-0.39, 0.29) is 0 Å². The molecule has 0 bridgehead atoms. The Balaban J connectivity index is 2.55. The lowest BCUT2D eigenvalue weighted by Crippen LogP contribution is -2.30. The van der Waals surface area contributed by atoms with E-state index in [1.165, 1.54) is 5.56 Å². The van der Waals surface area contributed by atoms with E-state index < -0.39 is 0 Å². The van der Waals surface area contributed by atoms with Crippen molar-refractivity contribution in [2.75, 3.05) is 19.1 Å². The van der Waals surface area contributed by atoms with E-state index >= 15 is 0 Å². The summed E-state index contributed by atoms with van der Waals surface area (Å²) in [5, 5.41) is 3.57. The van der Waals surface area contributed by atoms with Crippen LogP contribution >= 0.6 is 11.8 Å². The summed E-state index contributed by atoms with van der Waals surface area (Å²) in [7, 11) is 1.69. The number of thioether (sulfide) groups is 1. The van der Waals surface area contributed by atoms with E-state index in [2.05, 4.69) is 37.6 Å². The predicted molar refractivity (Wildman–Crippen MR) is 72.4 cm³/mol. The number of rotatable bonds is 6. The van der Waals surface area contributed by atoms with Crippen LogP contribution < -0.4 is 10.1 Å². The van der Waals surface area contributed by atoms with Crippen LogP contribution in [0.25, 0.3) is 0 Å². The van der Waals surface area contributed by atoms with Gasteiger partial charge in [-0.1, -0.05) is 12.1 Å². The molecule has 2 nitrogen and oxygen atoms in total. The van der Waals surface area contributed by atoms with Gasteiger partial charge in [-0.05, 0) is 37.8 Å². The van der Waals surface area contributed by atoms with Gasteiger partial charge in [0.25, 0.3) is 0 Å². The zero-order chi connectivity index (χ0) is 12.0. The third-order valence-electron chi connectivity index (χ3n) is 2.57. The molecule has 90 valence electrons. The first-order valence-electron chi connectivity index (χ1n) is 5.56. The molecule has 2 atom stereocenters. The highest BCUT2D eigenvalue weighted by Gasteiger charge is 2.08. The van der Waals surface area contributed by atoms with Gasteiger partial charge < -0.3 is 10.1 Å². The molecule has 0 amide bonds. The van der Waals surface area contributed by atoms with E-state index in [0.717, 1.165) is 11.5 Å². The Kier molecular flexibility index (Phi) is 5.71. The minimum absolute atomic E-state index is 0.382. The molecule has 16 heavy (non-hydrogen) atoms. The van der Waals surface area contributed by atoms with Crippen molar-refractivity contribution >= 4 is 11.8 Å². The molecular weight excluding hydrogens is 218 g/mol. The van der Waals surface area contributed by atoms with Gasteiger partial charge in [0, 0.05) is 17.8 Å². The number of benzene rings is 1. The molecule has 0 aliphatic rings. The van der Waals surface area contributed by atoms with Crippen LogP contribution in [0.3, 0.4) is 0 Å². The van der Waals surface area contributed by atoms with Crippen molar-refractivity contribution in [2.45, 2.75) is 25.9 Å². The Bertz CT molecular complexity index is 299. The number of methoxy groups -OCH3 is 1. The van der Waals surface area contributed by atoms with Crippen LogP contribution in [0.4, 0.5) is 0 Å². The molecule has 3 heteroatoms. The second-order valence-corrected chi connectivity index (χ2v) is 4.93. The first-order chi connectivity index (χ1) is 7.67. The summed E-state index contributed by atoms with van der Waals surface area (Å²) < 4.78 is 5.14. The molecule has 0 aromatic heterocycles. The topological polar surface area (TPSA) is 21.3 Å². The SMILES string of the molecule is COc1ccc(C(C)NC(C)CSC)cc1. The maximum Gasteiger partial charge on any atom is 0.118 e. The van der Waals surface area contributed by atoms with Gasteiger partial charge in [0.2, 0.25) is 0 Å². The van der Waals surface area contributed by atoms with E-state index in [1.54, 1.807) is 7.11 Å². The van der Waals surface area contributed by atoms with Crippen molar-refractivity contribution in [3.05, 3.63) is 29.8 Å². The van der Waals surface area contributed by atoms with Gasteiger partial charge >= 0.3 is 0 Å². The average molecular weight is 239 g/mol. The fourth-order valence-corrected chi connectivity index (χ4v) is 2.31. The molecule has 2 unspecified atom stereocenters. The van der Waals surface area contributed by atoms with Gasteiger partial charge in [0.15, 0.2) is 0 Å². The molecule has 1 aromatic rings. The lowest BCUT2D eigenvalue weighted by atomic mass is 10.1. The molecular formula is C13H21NOS. The van der Waals surface area contributed by atoms with Crippen molar-refractivity contribution in [3.63, 3.8) is 0 Å². The number of hydrogen-bond acceptors (Lipinski definition) is 3. The van der Waals surface area contributed by atoms with E-state index in [4.69, 9.17) is 4.74 Å². The maximum absolute atomic E-state index is 5.14. The lowest BCUT2D eigenvalue weighted by molar-refractivity contribution is 0.414. The summed E-state index contributed by atoms with van der Waals surface area (Å²) in [5.74, 6) is 2.05. The molecule has 1 rings (SSSR count). The highest BCUT2D eigenvalue weighted by Crippen LogP contribution is 2.17. The van der Waals surface area contributed by atoms with Crippen LogP contribution in [0.15, 0.2) is 24.3 Å². The highest BCUT2D eigenvalue weighted by molar-refractivity contribution is 7.98. The van der Waals surface area contributed by atoms with E-state index in [0.29, 0.717) is 12.1 Å². The Labute approximate surface area is 103 Å². The normalized spacial score (nSPS) is 14.5. The van der Waals surface area contributed by atoms with Gasteiger partial charge in [0.05, 0.1) is 7.11 Å². The zero-order valence-corrected chi connectivity index (χ0v) is 11.3. The fraction of sp³-hybridized carbons (Fsp3) is 0.538. The summed E-state index contributed by atoms with van der Waals surface area (Å²) >= 11 is 1.87. The first kappa shape index (κ1) is 13.4. The van der Waals surface area contributed by atoms with Crippen molar-refractivity contribution in [1.82, 2.24) is 5.32 Å². The standard InChI is InChI=1S/C13H21NOS/c1-10(9-16-4)14-11(2)12-5-7-13(15-3)8-6-12/h5-8,10-11,14H,9H2,1-4H3.